The fourth-order valence-corrected chi connectivity index (χ4v) is 14.3. The largest absolute Gasteiger partial charge is 0.506 e. The van der Waals surface area contributed by atoms with Gasteiger partial charge in [0.25, 0.3) is 5.91 Å². The van der Waals surface area contributed by atoms with Crippen molar-refractivity contribution < 1.29 is 75.4 Å². The highest BCUT2D eigenvalue weighted by molar-refractivity contribution is 8.77. The smallest absolute Gasteiger partial charge is 0.490 e. The summed E-state index contributed by atoms with van der Waals surface area (Å²) in [7, 11) is -13.8. The van der Waals surface area contributed by atoms with Crippen LogP contribution in [0.2, 0.25) is 0 Å². The van der Waals surface area contributed by atoms with Crippen molar-refractivity contribution in [2.24, 2.45) is 21.0 Å². The minimum atomic E-state index is -5.74. The number of nitrogens with one attached hydrogen (secondary N) is 4. The number of thioether (sulfide) groups is 1. The van der Waals surface area contributed by atoms with Crippen LogP contribution in [0, 0.1) is 0 Å². The Morgan fingerprint density at radius 2 is 1.79 bits per heavy atom. The highest BCUT2D eigenvalue weighted by Gasteiger charge is 2.45. The molecular formula is C42H60N9O16P3S3. The number of hydrogen-bond acceptors (Lipinski definition) is 20. The van der Waals surface area contributed by atoms with Crippen LogP contribution in [0.5, 0.6) is 5.75 Å². The van der Waals surface area contributed by atoms with E-state index in [9.17, 15) is 43.0 Å². The van der Waals surface area contributed by atoms with Crippen molar-refractivity contribution in [1.29, 1.82) is 0 Å². The van der Waals surface area contributed by atoms with Gasteiger partial charge in [-0.15, -0.1) is 5.11 Å². The van der Waals surface area contributed by atoms with Gasteiger partial charge in [-0.25, -0.2) is 23.5 Å². The number of aliphatic imine (C=N–C) groups is 1. The molecule has 31 heteroatoms. The number of phenolic OH excluding ortho intramolecular Hbond substituents is 1. The lowest BCUT2D eigenvalue weighted by Crippen LogP contribution is -2.41. The number of phenols is 1. The molecule has 0 aromatic heterocycles. The third kappa shape index (κ3) is 18.8. The van der Waals surface area contributed by atoms with Gasteiger partial charge in [0.2, 0.25) is 5.91 Å². The number of rotatable bonds is 25. The van der Waals surface area contributed by atoms with E-state index in [0.29, 0.717) is 28.5 Å². The van der Waals surface area contributed by atoms with E-state index in [-0.39, 0.29) is 77.4 Å². The highest BCUT2D eigenvalue weighted by atomic mass is 33.1. The lowest BCUT2D eigenvalue weighted by molar-refractivity contribution is -0.121. The molecular weight excluding hydrogens is 1080 g/mol. The van der Waals surface area contributed by atoms with Crippen molar-refractivity contribution in [1.82, 2.24) is 26.2 Å². The number of urea groups is 1. The highest BCUT2D eigenvalue weighted by Crippen LogP contribution is 2.66. The summed E-state index contributed by atoms with van der Waals surface area (Å²) in [4.78, 5) is 80.8. The number of hydrogen-bond donors (Lipinski definition) is 10. The molecule has 402 valence electrons. The van der Waals surface area contributed by atoms with Gasteiger partial charge in [0.1, 0.15) is 41.7 Å². The second-order valence-corrected chi connectivity index (χ2v) is 26.7. The van der Waals surface area contributed by atoms with E-state index >= 15 is 0 Å². The van der Waals surface area contributed by atoms with Crippen LogP contribution in [-0.4, -0.2) is 125 Å². The number of fused-ring (bicyclic) bond motifs is 1. The second-order valence-electron chi connectivity index (χ2n) is 17.9. The van der Waals surface area contributed by atoms with E-state index < -0.39 is 54.7 Å². The van der Waals surface area contributed by atoms with Crippen LogP contribution in [0.15, 0.2) is 81.6 Å². The number of benzene rings is 2. The van der Waals surface area contributed by atoms with Crippen LogP contribution in [0.3, 0.4) is 0 Å². The van der Waals surface area contributed by atoms with Crippen LogP contribution in [-0.2, 0) is 47.7 Å². The molecule has 9 atom stereocenters. The topological polar surface area (TPSA) is 364 Å². The molecule has 0 bridgehead atoms. The molecule has 3 saturated heterocycles. The fraction of sp³-hybridized carbons (Fsp3) is 0.524. The summed E-state index contributed by atoms with van der Waals surface area (Å²) in [5.74, 6) is 0.691. The number of ether oxygens (including phenoxy) is 2. The molecule has 73 heavy (non-hydrogen) atoms. The number of carbonyl (C=O) groups excluding carboxylic acids is 3. The summed E-state index contributed by atoms with van der Waals surface area (Å²) < 4.78 is 60.2. The lowest BCUT2D eigenvalue weighted by Gasteiger charge is -2.34. The Balaban J connectivity index is 0.969. The van der Waals surface area contributed by atoms with Crippen LogP contribution in [0.25, 0.3) is 0 Å². The van der Waals surface area contributed by atoms with Crippen molar-refractivity contribution in [3.8, 4) is 5.75 Å². The molecule has 0 saturated carbocycles. The Bertz CT molecular complexity index is 2570. The zero-order valence-electron chi connectivity index (χ0n) is 40.0. The van der Waals surface area contributed by atoms with Gasteiger partial charge in [-0.3, -0.25) is 14.1 Å². The molecule has 6 rings (SSSR count). The van der Waals surface area contributed by atoms with Gasteiger partial charge < -0.3 is 66.1 Å². The average molecular weight is 1140 g/mol. The number of amides is 4. The number of phosphoric acid groups is 3. The molecule has 2 aromatic rings. The normalized spacial score (nSPS) is 24.9. The molecule has 0 radical (unpaired) electrons. The third-order valence-electron chi connectivity index (χ3n) is 11.0. The van der Waals surface area contributed by atoms with Gasteiger partial charge in [0, 0.05) is 59.0 Å². The molecule has 4 amide bonds. The van der Waals surface area contributed by atoms with Crippen LogP contribution < -0.4 is 27.0 Å². The van der Waals surface area contributed by atoms with Gasteiger partial charge >= 0.3 is 29.5 Å². The fourth-order valence-electron chi connectivity index (χ4n) is 7.68. The van der Waals surface area contributed by atoms with Gasteiger partial charge in [-0.2, -0.15) is 25.5 Å². The van der Waals surface area contributed by atoms with Gasteiger partial charge in [0.15, 0.2) is 0 Å². The van der Waals surface area contributed by atoms with Crippen molar-refractivity contribution in [3.63, 3.8) is 0 Å². The first-order chi connectivity index (χ1) is 34.3. The quantitative estimate of drug-likeness (QED) is 0.0130. The van der Waals surface area contributed by atoms with Gasteiger partial charge in [-0.1, -0.05) is 67.0 Å². The van der Waals surface area contributed by atoms with Crippen LogP contribution in [0.4, 0.5) is 16.2 Å². The Hall–Kier alpha value is -3.82. The minimum Gasteiger partial charge on any atom is -0.506 e. The molecule has 4 aliphatic heterocycles. The minimum absolute atomic E-state index is 0.0921. The summed E-state index contributed by atoms with van der Waals surface area (Å²) in [5.41, 5.74) is 8.42. The SMILES string of the molecule is CC1N=C(N)C(/C=C/CNC(=O)c2ccc(N=Nc3cc(CNC(=O)CCCCC4SCC5NC(=O)NC54)ccc3O)cc2)=CN1[C@H]1CC(OCSSC(C)(C)C)[C@@H](COP(=O)(O)OP(=O)(O)OP(=O)(O)O)O1. The summed E-state index contributed by atoms with van der Waals surface area (Å²) >= 11 is 1.85. The zero-order valence-corrected chi connectivity index (χ0v) is 45.2. The van der Waals surface area contributed by atoms with Crippen LogP contribution >= 0.6 is 56.8 Å². The second kappa shape index (κ2) is 25.8. The Kier molecular flexibility index (Phi) is 20.7. The third-order valence-corrected chi connectivity index (χ3v) is 19.3. The van der Waals surface area contributed by atoms with E-state index in [1.165, 1.54) is 16.9 Å². The van der Waals surface area contributed by atoms with E-state index in [0.717, 1.165) is 30.6 Å². The van der Waals surface area contributed by atoms with Crippen molar-refractivity contribution in [2.45, 2.75) is 113 Å². The standard InChI is InChI=1S/C42H60N9O16P3S3/c1-25-46-39(43)28(21-51(25)37-19-33(63-24-72-73-42(2,3)4)34(65-37)22-64-69(59,60)67-70(61,62)66-68(56,57)58)8-7-17-44-40(54)27-12-14-29(15-13-27)49-50-30-18-26(11-16-32(30)52)20-45-36(53)10-6-5-9-35-38-31(23-71-35)47-41(55)48-38/h7-8,11-16,18,21,25,31,33-35,37-38,52H,5-6,9-10,17,19-20,22-24H2,1-4H3,(H2,43,46)(H,44,54)(H,45,53)(H,59,60)(H,61,62)(H2,47,48,55)(H2,56,57,58)/b8-7+,50-49?/t25?,31?,33?,34-,35?,37-,38?/m1/s1. The van der Waals surface area contributed by atoms with Gasteiger partial charge in [-0.05, 0) is 61.7 Å². The number of unbranched alkanes of at least 4 members (excludes halogenated alkanes) is 1. The summed E-state index contributed by atoms with van der Waals surface area (Å²) in [6.45, 7) is 7.43. The summed E-state index contributed by atoms with van der Waals surface area (Å²) in [5, 5.41) is 30.8. The predicted molar refractivity (Wildman–Crippen MR) is 275 cm³/mol. The number of nitrogens with zero attached hydrogens (tertiary/aromatic N) is 4. The molecule has 3 fully saturated rings. The van der Waals surface area contributed by atoms with Crippen molar-refractivity contribution >= 4 is 91.9 Å². The number of amidine groups is 1. The van der Waals surface area contributed by atoms with Gasteiger partial charge in [0.05, 0.1) is 30.5 Å². The number of carbonyl (C=O) groups is 3. The zero-order chi connectivity index (χ0) is 53.1. The predicted octanol–water partition coefficient (Wildman–Crippen LogP) is 6.32. The van der Waals surface area contributed by atoms with Crippen molar-refractivity contribution in [3.05, 3.63) is 77.5 Å². The lowest BCUT2D eigenvalue weighted by atomic mass is 10.0. The van der Waals surface area contributed by atoms with E-state index in [1.54, 1.807) is 77.4 Å². The van der Waals surface area contributed by atoms with Crippen LogP contribution in [0.1, 0.15) is 75.7 Å². The first-order valence-electron chi connectivity index (χ1n) is 22.7. The van der Waals surface area contributed by atoms with E-state index in [4.69, 9.17) is 29.5 Å². The number of aromatic hydroxyl groups is 1. The van der Waals surface area contributed by atoms with Crippen molar-refractivity contribution in [2.75, 3.05) is 24.8 Å². The maximum atomic E-state index is 13.0. The Morgan fingerprint density at radius 3 is 2.52 bits per heavy atom. The number of nitrogens with two attached hydrogens (primary N) is 1. The molecule has 0 aliphatic carbocycles. The van der Waals surface area contributed by atoms with E-state index in [1.807, 2.05) is 32.5 Å². The Labute approximate surface area is 433 Å². The monoisotopic (exact) mass is 1140 g/mol. The molecule has 2 aromatic carbocycles. The Morgan fingerprint density at radius 1 is 1.04 bits per heavy atom. The molecule has 7 unspecified atom stereocenters. The average Bonchev–Trinajstić information content (AvgIpc) is 3.99. The van der Waals surface area contributed by atoms with E-state index in [2.05, 4.69) is 45.1 Å². The molecule has 11 N–H and O–H groups in total. The first-order valence-corrected chi connectivity index (χ1v) is 30.6. The molecule has 0 spiro atoms. The first kappa shape index (κ1) is 58.4. The maximum absolute atomic E-state index is 13.0. The maximum Gasteiger partial charge on any atom is 0.490 e. The molecule has 4 aliphatic rings. The number of azo groups is 1. The molecule has 4 heterocycles. The molecule has 25 nitrogen and oxygen atoms in total. The summed E-state index contributed by atoms with van der Waals surface area (Å²) in [6.07, 6.45) is 4.97. The summed E-state index contributed by atoms with van der Waals surface area (Å²) in [6, 6.07) is 11.3. The number of phosphoric ester groups is 1.